The van der Waals surface area contributed by atoms with Gasteiger partial charge in [0.25, 0.3) is 0 Å². The number of hydrogen-bond acceptors (Lipinski definition) is 3. The second-order valence-corrected chi connectivity index (χ2v) is 8.30. The van der Waals surface area contributed by atoms with E-state index in [2.05, 4.69) is 29.7 Å². The second-order valence-electron chi connectivity index (χ2n) is 8.30. The normalized spacial score (nSPS) is 14.7. The summed E-state index contributed by atoms with van der Waals surface area (Å²) in [4.78, 5) is 12.7. The van der Waals surface area contributed by atoms with Crippen LogP contribution in [0.4, 0.5) is 0 Å². The van der Waals surface area contributed by atoms with Crippen molar-refractivity contribution < 1.29 is 19.4 Å². The molecule has 5 nitrogen and oxygen atoms in total. The predicted molar refractivity (Wildman–Crippen MR) is 126 cm³/mol. The lowest BCUT2D eigenvalue weighted by Crippen LogP contribution is -2.18. The third-order valence-corrected chi connectivity index (χ3v) is 6.54. The molecule has 5 heteroatoms. The molecule has 1 unspecified atom stereocenters. The first-order valence-corrected chi connectivity index (χ1v) is 10.7. The van der Waals surface area contributed by atoms with Crippen molar-refractivity contribution in [3.05, 3.63) is 71.4 Å². The van der Waals surface area contributed by atoms with Crippen LogP contribution in [0.3, 0.4) is 0 Å². The molecule has 4 aromatic rings. The topological polar surface area (TPSA) is 60.7 Å². The first-order valence-electron chi connectivity index (χ1n) is 10.7. The summed E-state index contributed by atoms with van der Waals surface area (Å²) >= 11 is 0. The number of nitrogens with zero attached hydrogens (tertiary/aromatic N) is 1. The number of methoxy groups -OCH3 is 2. The quantitative estimate of drug-likeness (QED) is 0.426. The Labute approximate surface area is 186 Å². The Morgan fingerprint density at radius 2 is 1.69 bits per heavy atom. The molecule has 0 spiro atoms. The zero-order valence-electron chi connectivity index (χ0n) is 18.6. The summed E-state index contributed by atoms with van der Waals surface area (Å²) in [6, 6.07) is 18.2. The van der Waals surface area contributed by atoms with Gasteiger partial charge in [-0.1, -0.05) is 42.5 Å². The van der Waals surface area contributed by atoms with Gasteiger partial charge in [-0.3, -0.25) is 0 Å². The van der Waals surface area contributed by atoms with E-state index in [0.717, 1.165) is 50.8 Å². The molecule has 0 saturated carbocycles. The van der Waals surface area contributed by atoms with Crippen LogP contribution in [0.2, 0.25) is 0 Å². The van der Waals surface area contributed by atoms with Crippen LogP contribution in [-0.2, 0) is 6.42 Å². The minimum atomic E-state index is -0.931. The number of aromatic nitrogens is 1. The van der Waals surface area contributed by atoms with Crippen LogP contribution >= 0.6 is 0 Å². The van der Waals surface area contributed by atoms with Crippen LogP contribution in [-0.4, -0.2) is 29.9 Å². The Balaban J connectivity index is 1.89. The lowest BCUT2D eigenvalue weighted by molar-refractivity contribution is 0.0698. The molecular weight excluding hydrogens is 402 g/mol. The largest absolute Gasteiger partial charge is 0.493 e. The highest BCUT2D eigenvalue weighted by Crippen LogP contribution is 2.48. The van der Waals surface area contributed by atoms with E-state index < -0.39 is 5.97 Å². The Hall–Kier alpha value is -3.73. The van der Waals surface area contributed by atoms with Crippen molar-refractivity contribution in [1.82, 2.24) is 4.57 Å². The van der Waals surface area contributed by atoms with E-state index in [0.29, 0.717) is 17.1 Å². The first kappa shape index (κ1) is 20.2. The lowest BCUT2D eigenvalue weighted by Gasteiger charge is -2.28. The highest BCUT2D eigenvalue weighted by atomic mass is 16.5. The molecule has 5 rings (SSSR count). The molecule has 0 saturated heterocycles. The summed E-state index contributed by atoms with van der Waals surface area (Å²) in [6.45, 7) is 4.16. The van der Waals surface area contributed by atoms with E-state index in [1.807, 2.05) is 43.3 Å². The van der Waals surface area contributed by atoms with Crippen LogP contribution < -0.4 is 9.47 Å². The minimum absolute atomic E-state index is 0.109. The van der Waals surface area contributed by atoms with Gasteiger partial charge in [-0.25, -0.2) is 4.79 Å². The fourth-order valence-electron chi connectivity index (χ4n) is 5.22. The Morgan fingerprint density at radius 3 is 2.41 bits per heavy atom. The number of benzene rings is 3. The maximum absolute atomic E-state index is 12.7. The smallest absolute Gasteiger partial charge is 0.338 e. The number of fused-ring (bicyclic) bond motifs is 4. The third kappa shape index (κ3) is 2.81. The van der Waals surface area contributed by atoms with Gasteiger partial charge in [-0.15, -0.1) is 0 Å². The molecular formula is C27H25NO4. The summed E-state index contributed by atoms with van der Waals surface area (Å²) in [6.07, 6.45) is 0.784. The van der Waals surface area contributed by atoms with Gasteiger partial charge in [0.2, 0.25) is 0 Å². The van der Waals surface area contributed by atoms with E-state index in [1.54, 1.807) is 14.2 Å². The van der Waals surface area contributed by atoms with Crippen molar-refractivity contribution in [3.63, 3.8) is 0 Å². The molecule has 32 heavy (non-hydrogen) atoms. The number of rotatable bonds is 4. The van der Waals surface area contributed by atoms with Crippen molar-refractivity contribution in [3.8, 4) is 33.9 Å². The van der Waals surface area contributed by atoms with E-state index in [9.17, 15) is 9.90 Å². The number of aromatic carboxylic acids is 1. The second kappa shape index (κ2) is 7.45. The molecule has 1 atom stereocenters. The van der Waals surface area contributed by atoms with Crippen LogP contribution in [0.15, 0.2) is 54.6 Å². The first-order chi connectivity index (χ1) is 15.5. The minimum Gasteiger partial charge on any atom is -0.493 e. The molecule has 3 aromatic carbocycles. The fraction of sp³-hybridized carbons (Fsp3) is 0.222. The Bertz CT molecular complexity index is 1380. The lowest BCUT2D eigenvalue weighted by atomic mass is 9.90. The van der Waals surface area contributed by atoms with Gasteiger partial charge >= 0.3 is 5.97 Å². The number of carbonyl (C=O) groups is 1. The van der Waals surface area contributed by atoms with Gasteiger partial charge in [0.1, 0.15) is 0 Å². The summed E-state index contributed by atoms with van der Waals surface area (Å²) in [5, 5.41) is 12.6. The maximum atomic E-state index is 12.7. The summed E-state index contributed by atoms with van der Waals surface area (Å²) < 4.78 is 13.2. The third-order valence-electron chi connectivity index (χ3n) is 6.54. The molecule has 0 aliphatic carbocycles. The standard InChI is InChI=1S/C27H25NO4/c1-15-12-18-13-22(31-3)23(32-4)14-21(18)26-25(27(29)30)24(16(2)28(15)26)20-11-7-9-17-8-5-6-10-19(17)20/h5-11,13-15H,12H2,1-4H3,(H,29,30). The van der Waals surface area contributed by atoms with E-state index in [1.165, 1.54) is 0 Å². The van der Waals surface area contributed by atoms with Gasteiger partial charge in [-0.05, 0) is 54.3 Å². The van der Waals surface area contributed by atoms with Crippen LogP contribution in [0.25, 0.3) is 33.2 Å². The molecule has 0 radical (unpaired) electrons. The van der Waals surface area contributed by atoms with Crippen LogP contribution in [0.5, 0.6) is 11.5 Å². The van der Waals surface area contributed by atoms with Crippen LogP contribution in [0, 0.1) is 6.92 Å². The molecule has 1 aromatic heterocycles. The highest BCUT2D eigenvalue weighted by Gasteiger charge is 2.34. The molecule has 0 bridgehead atoms. The molecule has 1 aliphatic heterocycles. The molecule has 1 aliphatic rings. The van der Waals surface area contributed by atoms with Crippen molar-refractivity contribution in [2.45, 2.75) is 26.3 Å². The molecule has 162 valence electrons. The monoisotopic (exact) mass is 427 g/mol. The van der Waals surface area contributed by atoms with Gasteiger partial charge in [-0.2, -0.15) is 0 Å². The van der Waals surface area contributed by atoms with Gasteiger partial charge in [0, 0.05) is 22.9 Å². The number of hydrogen-bond donors (Lipinski definition) is 1. The van der Waals surface area contributed by atoms with E-state index >= 15 is 0 Å². The predicted octanol–water partition coefficient (Wildman–Crippen LogP) is 6.12. The number of ether oxygens (including phenoxy) is 2. The SMILES string of the molecule is COc1cc2c(cc1OC)-c1c(C(=O)O)c(-c3cccc4ccccc34)c(C)n1C(C)C2. The molecule has 1 N–H and O–H groups in total. The van der Waals surface area contributed by atoms with Crippen molar-refractivity contribution in [2.24, 2.45) is 0 Å². The van der Waals surface area contributed by atoms with E-state index in [4.69, 9.17) is 9.47 Å². The fourth-order valence-corrected chi connectivity index (χ4v) is 5.22. The number of carboxylic acids is 1. The average Bonchev–Trinajstić information content (AvgIpc) is 3.11. The Kier molecular flexibility index (Phi) is 4.70. The highest BCUT2D eigenvalue weighted by molar-refractivity contribution is 6.09. The number of carboxylic acid groups (broad SMARTS) is 1. The average molecular weight is 428 g/mol. The van der Waals surface area contributed by atoms with Crippen molar-refractivity contribution in [1.29, 1.82) is 0 Å². The van der Waals surface area contributed by atoms with Crippen molar-refractivity contribution in [2.75, 3.05) is 14.2 Å². The summed E-state index contributed by atoms with van der Waals surface area (Å²) in [7, 11) is 3.21. The molecule has 2 heterocycles. The van der Waals surface area contributed by atoms with Gasteiger partial charge < -0.3 is 19.1 Å². The van der Waals surface area contributed by atoms with Crippen molar-refractivity contribution >= 4 is 16.7 Å². The zero-order valence-corrected chi connectivity index (χ0v) is 18.6. The summed E-state index contributed by atoms with van der Waals surface area (Å²) in [5.41, 5.74) is 5.68. The van der Waals surface area contributed by atoms with Gasteiger partial charge in [0.05, 0.1) is 25.5 Å². The maximum Gasteiger partial charge on any atom is 0.338 e. The Morgan fingerprint density at radius 1 is 1.00 bits per heavy atom. The van der Waals surface area contributed by atoms with Crippen LogP contribution in [0.1, 0.15) is 34.6 Å². The summed E-state index contributed by atoms with van der Waals surface area (Å²) in [5.74, 6) is 0.315. The molecule has 0 amide bonds. The van der Waals surface area contributed by atoms with Gasteiger partial charge in [0.15, 0.2) is 11.5 Å². The molecule has 0 fully saturated rings. The van der Waals surface area contributed by atoms with E-state index in [-0.39, 0.29) is 6.04 Å². The zero-order chi connectivity index (χ0) is 22.6.